The molecule has 0 aliphatic carbocycles. The van der Waals surface area contributed by atoms with Gasteiger partial charge in [-0.3, -0.25) is 0 Å². The maximum absolute atomic E-state index is 12.3. The standard InChI is InChI=1S/C14H11I3O6/c15-9-1-8(13(18)22-4-6-2-20-6)11(16)12(17)10(9)14(19)23-5-7-3-21-7/h1,6-7H,2-5H2. The van der Waals surface area contributed by atoms with Crippen molar-refractivity contribution in [3.05, 3.63) is 27.9 Å². The monoisotopic (exact) mass is 656 g/mol. The molecule has 2 heterocycles. The zero-order valence-corrected chi connectivity index (χ0v) is 18.1. The van der Waals surface area contributed by atoms with E-state index in [2.05, 4.69) is 22.6 Å². The zero-order valence-electron chi connectivity index (χ0n) is 11.6. The minimum atomic E-state index is -0.410. The average molecular weight is 656 g/mol. The van der Waals surface area contributed by atoms with Crippen molar-refractivity contribution in [2.24, 2.45) is 0 Å². The Kier molecular flexibility index (Phi) is 6.02. The predicted octanol–water partition coefficient (Wildman–Crippen LogP) is 2.61. The van der Waals surface area contributed by atoms with Gasteiger partial charge >= 0.3 is 11.9 Å². The van der Waals surface area contributed by atoms with Crippen molar-refractivity contribution in [2.45, 2.75) is 12.2 Å². The molecular formula is C14H11I3O6. The van der Waals surface area contributed by atoms with Gasteiger partial charge in [-0.25, -0.2) is 9.59 Å². The van der Waals surface area contributed by atoms with E-state index in [9.17, 15) is 9.59 Å². The van der Waals surface area contributed by atoms with Gasteiger partial charge in [0.2, 0.25) is 0 Å². The molecule has 1 aromatic carbocycles. The van der Waals surface area contributed by atoms with Gasteiger partial charge in [0, 0.05) is 10.7 Å². The van der Waals surface area contributed by atoms with Gasteiger partial charge < -0.3 is 18.9 Å². The molecule has 0 radical (unpaired) electrons. The normalized spacial score (nSPS) is 21.7. The summed E-state index contributed by atoms with van der Waals surface area (Å²) >= 11 is 6.13. The predicted molar refractivity (Wildman–Crippen MR) is 105 cm³/mol. The first kappa shape index (κ1) is 18.1. The van der Waals surface area contributed by atoms with Crippen molar-refractivity contribution in [3.63, 3.8) is 0 Å². The van der Waals surface area contributed by atoms with Gasteiger partial charge in [-0.2, -0.15) is 0 Å². The van der Waals surface area contributed by atoms with Crippen molar-refractivity contribution in [3.8, 4) is 0 Å². The van der Waals surface area contributed by atoms with E-state index in [0.717, 1.165) is 0 Å². The smallest absolute Gasteiger partial charge is 0.340 e. The zero-order chi connectivity index (χ0) is 16.6. The molecule has 2 unspecified atom stereocenters. The number of rotatable bonds is 6. The second kappa shape index (κ2) is 7.66. The second-order valence-electron chi connectivity index (χ2n) is 5.02. The molecule has 2 fully saturated rings. The lowest BCUT2D eigenvalue weighted by atomic mass is 10.1. The Morgan fingerprint density at radius 1 is 1.00 bits per heavy atom. The molecule has 124 valence electrons. The molecular weight excluding hydrogens is 645 g/mol. The third-order valence-electron chi connectivity index (χ3n) is 3.19. The summed E-state index contributed by atoms with van der Waals surface area (Å²) in [4.78, 5) is 24.4. The average Bonchev–Trinajstić information content (AvgIpc) is 3.40. The summed E-state index contributed by atoms with van der Waals surface area (Å²) in [5.41, 5.74) is 0.917. The minimum absolute atomic E-state index is 0.0206. The Morgan fingerprint density at radius 3 is 2.04 bits per heavy atom. The van der Waals surface area contributed by atoms with Crippen LogP contribution in [0.15, 0.2) is 6.07 Å². The Labute approximate surface area is 173 Å². The van der Waals surface area contributed by atoms with Crippen LogP contribution >= 0.6 is 67.8 Å². The van der Waals surface area contributed by atoms with E-state index in [-0.39, 0.29) is 25.4 Å². The molecule has 0 aromatic heterocycles. The topological polar surface area (TPSA) is 77.7 Å². The molecule has 6 nitrogen and oxygen atoms in total. The number of esters is 2. The van der Waals surface area contributed by atoms with Crippen LogP contribution in [0.2, 0.25) is 0 Å². The van der Waals surface area contributed by atoms with Gasteiger partial charge in [-0.15, -0.1) is 0 Å². The number of hydrogen-bond acceptors (Lipinski definition) is 6. The van der Waals surface area contributed by atoms with Crippen molar-refractivity contribution in [2.75, 3.05) is 26.4 Å². The number of hydrogen-bond donors (Lipinski definition) is 0. The second-order valence-corrected chi connectivity index (χ2v) is 8.34. The molecule has 0 N–H and O–H groups in total. The van der Waals surface area contributed by atoms with Crippen molar-refractivity contribution in [1.82, 2.24) is 0 Å². The number of halogens is 3. The summed E-state index contributed by atoms with van der Waals surface area (Å²) in [7, 11) is 0. The Morgan fingerprint density at radius 2 is 1.52 bits per heavy atom. The molecule has 2 aliphatic heterocycles. The summed E-state index contributed by atoms with van der Waals surface area (Å²) in [6.07, 6.45) is 0.0425. The first-order valence-corrected chi connectivity index (χ1v) is 9.96. The number of carbonyl (C=O) groups is 2. The fourth-order valence-corrected chi connectivity index (χ4v) is 4.51. The summed E-state index contributed by atoms with van der Waals surface area (Å²) in [5.74, 6) is -0.814. The highest BCUT2D eigenvalue weighted by Crippen LogP contribution is 2.29. The first-order chi connectivity index (χ1) is 11.0. The van der Waals surface area contributed by atoms with Crippen LogP contribution in [0.4, 0.5) is 0 Å². The van der Waals surface area contributed by atoms with E-state index in [1.54, 1.807) is 6.07 Å². The summed E-state index contributed by atoms with van der Waals surface area (Å²) in [5, 5.41) is 0. The van der Waals surface area contributed by atoms with E-state index in [1.807, 2.05) is 45.2 Å². The highest BCUT2D eigenvalue weighted by molar-refractivity contribution is 14.1. The molecule has 0 bridgehead atoms. The van der Waals surface area contributed by atoms with Gasteiger partial charge in [0.05, 0.1) is 24.3 Å². The van der Waals surface area contributed by atoms with Crippen LogP contribution in [0.5, 0.6) is 0 Å². The van der Waals surface area contributed by atoms with Crippen LogP contribution < -0.4 is 0 Å². The lowest BCUT2D eigenvalue weighted by Gasteiger charge is -2.12. The van der Waals surface area contributed by atoms with Crippen molar-refractivity contribution in [1.29, 1.82) is 0 Å². The van der Waals surface area contributed by atoms with Crippen LogP contribution in [0.1, 0.15) is 20.7 Å². The van der Waals surface area contributed by atoms with Crippen molar-refractivity contribution >= 4 is 79.7 Å². The van der Waals surface area contributed by atoms with Gasteiger partial charge in [0.1, 0.15) is 25.4 Å². The lowest BCUT2D eigenvalue weighted by molar-refractivity contribution is 0.0460. The van der Waals surface area contributed by atoms with E-state index < -0.39 is 11.9 Å². The van der Waals surface area contributed by atoms with Gasteiger partial charge in [-0.1, -0.05) is 0 Å². The van der Waals surface area contributed by atoms with Gasteiger partial charge in [-0.05, 0) is 73.8 Å². The molecule has 2 saturated heterocycles. The molecule has 9 heteroatoms. The van der Waals surface area contributed by atoms with E-state index in [4.69, 9.17) is 18.9 Å². The number of ether oxygens (including phenoxy) is 4. The fraction of sp³-hybridized carbons (Fsp3) is 0.429. The number of benzene rings is 1. The number of epoxide rings is 2. The quantitative estimate of drug-likeness (QED) is 0.203. The van der Waals surface area contributed by atoms with Crippen LogP contribution in [0.25, 0.3) is 0 Å². The molecule has 3 rings (SSSR count). The van der Waals surface area contributed by atoms with Crippen LogP contribution in [0.3, 0.4) is 0 Å². The lowest BCUT2D eigenvalue weighted by Crippen LogP contribution is -2.17. The first-order valence-electron chi connectivity index (χ1n) is 6.72. The fourth-order valence-electron chi connectivity index (χ4n) is 1.75. The molecule has 0 spiro atoms. The maximum atomic E-state index is 12.3. The summed E-state index contributed by atoms with van der Waals surface area (Å²) in [6, 6.07) is 1.66. The number of carbonyl (C=O) groups excluding carboxylic acids is 2. The SMILES string of the molecule is O=C(OCC1CO1)c1cc(I)c(C(=O)OCC2CO2)c(I)c1I. The molecule has 2 aliphatic rings. The third-order valence-corrected chi connectivity index (χ3v) is 7.27. The molecule has 0 saturated carbocycles. The molecule has 0 amide bonds. The highest BCUT2D eigenvalue weighted by atomic mass is 127. The largest absolute Gasteiger partial charge is 0.459 e. The van der Waals surface area contributed by atoms with Crippen LogP contribution in [-0.4, -0.2) is 50.6 Å². The highest BCUT2D eigenvalue weighted by Gasteiger charge is 2.29. The third kappa shape index (κ3) is 4.67. The Hall–Kier alpha value is 0.270. The van der Waals surface area contributed by atoms with Crippen LogP contribution in [0, 0.1) is 10.7 Å². The molecule has 2 atom stereocenters. The summed E-state index contributed by atoms with van der Waals surface area (Å²) < 4.78 is 22.5. The van der Waals surface area contributed by atoms with Gasteiger partial charge in [0.15, 0.2) is 0 Å². The van der Waals surface area contributed by atoms with E-state index in [0.29, 0.717) is 35.1 Å². The van der Waals surface area contributed by atoms with E-state index >= 15 is 0 Å². The van der Waals surface area contributed by atoms with Crippen LogP contribution in [-0.2, 0) is 18.9 Å². The Balaban J connectivity index is 1.76. The maximum Gasteiger partial charge on any atom is 0.340 e. The Bertz CT molecular complexity index is 654. The molecule has 23 heavy (non-hydrogen) atoms. The van der Waals surface area contributed by atoms with Crippen molar-refractivity contribution < 1.29 is 28.5 Å². The molecule has 1 aromatic rings. The van der Waals surface area contributed by atoms with Gasteiger partial charge in [0.25, 0.3) is 0 Å². The van der Waals surface area contributed by atoms with E-state index in [1.165, 1.54) is 0 Å². The summed E-state index contributed by atoms with van der Waals surface area (Å²) in [6.45, 7) is 1.78. The minimum Gasteiger partial charge on any atom is -0.459 e.